The van der Waals surface area contributed by atoms with Crippen LogP contribution in [0.1, 0.15) is 19.0 Å². The highest BCUT2D eigenvalue weighted by molar-refractivity contribution is 5.56. The first kappa shape index (κ1) is 13.9. The standard InChI is InChI=1S/C13H16N4O3/c1-3-8-16-13(12(17(18)19)9(2)15-16)20-11-7-5-4-6-10(11)14/h4-7H,3,8,14H2,1-2H3. The van der Waals surface area contributed by atoms with Crippen LogP contribution in [0, 0.1) is 17.0 Å². The lowest BCUT2D eigenvalue weighted by atomic mass is 10.3. The van der Waals surface area contributed by atoms with Crippen LogP contribution in [0.25, 0.3) is 0 Å². The van der Waals surface area contributed by atoms with Crippen LogP contribution in [0.4, 0.5) is 11.4 Å². The van der Waals surface area contributed by atoms with E-state index in [0.29, 0.717) is 23.7 Å². The van der Waals surface area contributed by atoms with Crippen molar-refractivity contribution in [2.75, 3.05) is 5.73 Å². The Hall–Kier alpha value is -2.57. The van der Waals surface area contributed by atoms with E-state index in [1.165, 1.54) is 4.68 Å². The largest absolute Gasteiger partial charge is 0.432 e. The normalized spacial score (nSPS) is 10.5. The number of hydrogen-bond donors (Lipinski definition) is 1. The minimum atomic E-state index is -0.483. The van der Waals surface area contributed by atoms with Crippen molar-refractivity contribution in [2.24, 2.45) is 0 Å². The fraction of sp³-hybridized carbons (Fsp3) is 0.308. The maximum absolute atomic E-state index is 11.2. The summed E-state index contributed by atoms with van der Waals surface area (Å²) in [6, 6.07) is 6.86. The molecule has 0 aliphatic rings. The lowest BCUT2D eigenvalue weighted by molar-refractivity contribution is -0.386. The highest BCUT2D eigenvalue weighted by Gasteiger charge is 2.27. The summed E-state index contributed by atoms with van der Waals surface area (Å²) < 4.78 is 7.14. The molecule has 0 atom stereocenters. The van der Waals surface area contributed by atoms with E-state index in [9.17, 15) is 10.1 Å². The van der Waals surface area contributed by atoms with E-state index in [1.807, 2.05) is 6.92 Å². The average molecular weight is 276 g/mol. The first-order chi connectivity index (χ1) is 9.54. The second-order valence-electron chi connectivity index (χ2n) is 4.36. The van der Waals surface area contributed by atoms with E-state index in [4.69, 9.17) is 10.5 Å². The van der Waals surface area contributed by atoms with E-state index in [0.717, 1.165) is 6.42 Å². The number of nitrogens with two attached hydrogens (primary N) is 1. The minimum Gasteiger partial charge on any atom is -0.432 e. The molecule has 0 radical (unpaired) electrons. The van der Waals surface area contributed by atoms with Crippen molar-refractivity contribution in [1.82, 2.24) is 9.78 Å². The van der Waals surface area contributed by atoms with Crippen molar-refractivity contribution in [3.63, 3.8) is 0 Å². The predicted molar refractivity (Wildman–Crippen MR) is 74.8 cm³/mol. The first-order valence-corrected chi connectivity index (χ1v) is 6.28. The number of hydrogen-bond acceptors (Lipinski definition) is 5. The number of nitro groups is 1. The monoisotopic (exact) mass is 276 g/mol. The van der Waals surface area contributed by atoms with Crippen LogP contribution in [0.3, 0.4) is 0 Å². The van der Waals surface area contributed by atoms with E-state index in [1.54, 1.807) is 31.2 Å². The summed E-state index contributed by atoms with van der Waals surface area (Å²) in [7, 11) is 0. The number of benzene rings is 1. The van der Waals surface area contributed by atoms with Crippen LogP contribution in [-0.2, 0) is 6.54 Å². The van der Waals surface area contributed by atoms with Crippen molar-refractivity contribution < 1.29 is 9.66 Å². The molecule has 2 aromatic rings. The fourth-order valence-corrected chi connectivity index (χ4v) is 1.90. The quantitative estimate of drug-likeness (QED) is 0.514. The van der Waals surface area contributed by atoms with Crippen molar-refractivity contribution in [3.8, 4) is 11.6 Å². The molecule has 7 nitrogen and oxygen atoms in total. The second kappa shape index (κ2) is 5.60. The third-order valence-corrected chi connectivity index (χ3v) is 2.79. The Morgan fingerprint density at radius 2 is 2.15 bits per heavy atom. The minimum absolute atomic E-state index is 0.118. The van der Waals surface area contributed by atoms with Gasteiger partial charge in [-0.15, -0.1) is 0 Å². The van der Waals surface area contributed by atoms with Gasteiger partial charge in [-0.1, -0.05) is 19.1 Å². The molecule has 0 spiro atoms. The summed E-state index contributed by atoms with van der Waals surface area (Å²) in [5.41, 5.74) is 6.42. The van der Waals surface area contributed by atoms with Gasteiger partial charge < -0.3 is 10.5 Å². The molecule has 0 saturated heterocycles. The lowest BCUT2D eigenvalue weighted by Crippen LogP contribution is -2.03. The maximum Gasteiger partial charge on any atom is 0.353 e. The van der Waals surface area contributed by atoms with Gasteiger partial charge in [-0.2, -0.15) is 5.10 Å². The van der Waals surface area contributed by atoms with Crippen molar-refractivity contribution in [2.45, 2.75) is 26.8 Å². The summed E-state index contributed by atoms with van der Waals surface area (Å²) in [6.45, 7) is 4.09. The molecule has 0 aliphatic heterocycles. The molecule has 0 fully saturated rings. The van der Waals surface area contributed by atoms with E-state index < -0.39 is 4.92 Å². The highest BCUT2D eigenvalue weighted by atomic mass is 16.6. The Labute approximate surface area is 116 Å². The summed E-state index contributed by atoms with van der Waals surface area (Å²) in [5, 5.41) is 15.3. The fourth-order valence-electron chi connectivity index (χ4n) is 1.90. The van der Waals surface area contributed by atoms with Gasteiger partial charge in [-0.05, 0) is 25.5 Å². The van der Waals surface area contributed by atoms with Gasteiger partial charge in [0.1, 0.15) is 5.69 Å². The Balaban J connectivity index is 2.48. The van der Waals surface area contributed by atoms with Gasteiger partial charge in [0.25, 0.3) is 5.88 Å². The molecule has 0 saturated carbocycles. The van der Waals surface area contributed by atoms with Gasteiger partial charge >= 0.3 is 5.69 Å². The van der Waals surface area contributed by atoms with Crippen LogP contribution in [-0.4, -0.2) is 14.7 Å². The number of aryl methyl sites for hydroxylation is 2. The molecule has 7 heteroatoms. The molecule has 1 heterocycles. The molecule has 0 aliphatic carbocycles. The van der Waals surface area contributed by atoms with Crippen LogP contribution in [0.15, 0.2) is 24.3 Å². The molecule has 0 amide bonds. The zero-order chi connectivity index (χ0) is 14.7. The average Bonchev–Trinajstić information content (AvgIpc) is 2.69. The SMILES string of the molecule is CCCn1nc(C)c([N+](=O)[O-])c1Oc1ccccc1N. The predicted octanol–water partition coefficient (Wildman–Crippen LogP) is 2.88. The summed E-state index contributed by atoms with van der Waals surface area (Å²) in [5.74, 6) is 0.500. The molecule has 0 bridgehead atoms. The Bertz CT molecular complexity index is 637. The van der Waals surface area contributed by atoms with Crippen LogP contribution in [0.5, 0.6) is 11.6 Å². The summed E-state index contributed by atoms with van der Waals surface area (Å²) in [4.78, 5) is 10.7. The first-order valence-electron chi connectivity index (χ1n) is 6.28. The lowest BCUT2D eigenvalue weighted by Gasteiger charge is -2.09. The van der Waals surface area contributed by atoms with E-state index in [2.05, 4.69) is 5.10 Å². The molecule has 20 heavy (non-hydrogen) atoms. The number of ether oxygens (including phenoxy) is 1. The zero-order valence-corrected chi connectivity index (χ0v) is 11.4. The zero-order valence-electron chi connectivity index (χ0n) is 11.4. The number of anilines is 1. The molecule has 2 N–H and O–H groups in total. The number of aromatic nitrogens is 2. The van der Waals surface area contributed by atoms with Crippen LogP contribution >= 0.6 is 0 Å². The van der Waals surface area contributed by atoms with Crippen LogP contribution < -0.4 is 10.5 Å². The van der Waals surface area contributed by atoms with Gasteiger partial charge in [0.05, 0.1) is 10.6 Å². The molecule has 0 unspecified atom stereocenters. The molecule has 1 aromatic carbocycles. The molecular weight excluding hydrogens is 260 g/mol. The van der Waals surface area contributed by atoms with Crippen molar-refractivity contribution in [3.05, 3.63) is 40.1 Å². The third-order valence-electron chi connectivity index (χ3n) is 2.79. The number of para-hydroxylation sites is 2. The molecule has 2 rings (SSSR count). The Kier molecular flexibility index (Phi) is 3.88. The molecule has 1 aromatic heterocycles. The Morgan fingerprint density at radius 3 is 2.75 bits per heavy atom. The Morgan fingerprint density at radius 1 is 1.45 bits per heavy atom. The molecule has 106 valence electrons. The van der Waals surface area contributed by atoms with E-state index in [-0.39, 0.29) is 11.6 Å². The summed E-state index contributed by atoms with van der Waals surface area (Å²) >= 11 is 0. The van der Waals surface area contributed by atoms with Crippen LogP contribution in [0.2, 0.25) is 0 Å². The van der Waals surface area contributed by atoms with Gasteiger partial charge in [0.15, 0.2) is 5.75 Å². The van der Waals surface area contributed by atoms with Crippen molar-refractivity contribution >= 4 is 11.4 Å². The van der Waals surface area contributed by atoms with Gasteiger partial charge in [0, 0.05) is 6.54 Å². The van der Waals surface area contributed by atoms with E-state index >= 15 is 0 Å². The topological polar surface area (TPSA) is 96.2 Å². The smallest absolute Gasteiger partial charge is 0.353 e. The van der Waals surface area contributed by atoms with Gasteiger partial charge in [0.2, 0.25) is 0 Å². The maximum atomic E-state index is 11.2. The highest BCUT2D eigenvalue weighted by Crippen LogP contribution is 2.36. The van der Waals surface area contributed by atoms with Crippen molar-refractivity contribution in [1.29, 1.82) is 0 Å². The summed E-state index contributed by atoms with van der Waals surface area (Å²) in [6.07, 6.45) is 0.791. The second-order valence-corrected chi connectivity index (χ2v) is 4.36. The van der Waals surface area contributed by atoms with Gasteiger partial charge in [-0.3, -0.25) is 10.1 Å². The number of nitrogen functional groups attached to an aromatic ring is 1. The number of rotatable bonds is 5. The number of nitrogens with zero attached hydrogens (tertiary/aromatic N) is 3. The third kappa shape index (κ3) is 2.56. The molecular formula is C13H16N4O3. The van der Waals surface area contributed by atoms with Gasteiger partial charge in [-0.25, -0.2) is 4.68 Å².